The molecule has 1 saturated heterocycles. The molecule has 1 amide bonds. The molecule has 2 aromatic rings. The maximum Gasteiger partial charge on any atom is 0.416 e. The summed E-state index contributed by atoms with van der Waals surface area (Å²) in [5.41, 5.74) is 6.99. The number of alkyl halides is 3. The van der Waals surface area contributed by atoms with Crippen molar-refractivity contribution < 1.29 is 22.7 Å². The number of allylic oxidation sites excluding steroid dienone is 2. The lowest BCUT2D eigenvalue weighted by atomic mass is 9.72. The molecule has 2 aliphatic rings. The molecule has 4 rings (SSSR count). The largest absolute Gasteiger partial charge is 0.416 e. The van der Waals surface area contributed by atoms with E-state index in [9.17, 15) is 18.0 Å². The van der Waals surface area contributed by atoms with E-state index in [1.54, 1.807) is 0 Å². The zero-order valence-corrected chi connectivity index (χ0v) is 17.7. The molecule has 0 spiro atoms. The number of benzene rings is 2. The Morgan fingerprint density at radius 2 is 1.91 bits per heavy atom. The van der Waals surface area contributed by atoms with Crippen molar-refractivity contribution in [3.05, 3.63) is 88.5 Å². The standard InChI is InChI=1S/C25H25F3N2O2/c1-16-9-10-24(20-14-32-15-20,12-21(16)17-5-3-2-4-6-17)30-23(31)18-7-8-19(13-29)22(11-18)25(26,27)28/h2-11,20H,12-15,29H2,1H3,(H,30,31). The topological polar surface area (TPSA) is 64.4 Å². The Kier molecular flexibility index (Phi) is 5.97. The molecule has 0 bridgehead atoms. The van der Waals surface area contributed by atoms with E-state index in [0.717, 1.165) is 22.8 Å². The zero-order valence-electron chi connectivity index (χ0n) is 17.7. The van der Waals surface area contributed by atoms with Crippen molar-refractivity contribution in [1.82, 2.24) is 5.32 Å². The summed E-state index contributed by atoms with van der Waals surface area (Å²) in [6, 6.07) is 13.4. The van der Waals surface area contributed by atoms with Crippen molar-refractivity contribution in [1.29, 1.82) is 0 Å². The Hall–Kier alpha value is -2.90. The van der Waals surface area contributed by atoms with Gasteiger partial charge in [-0.05, 0) is 41.3 Å². The number of hydrogen-bond donors (Lipinski definition) is 2. The van der Waals surface area contributed by atoms with Crippen LogP contribution in [-0.4, -0.2) is 24.7 Å². The van der Waals surface area contributed by atoms with Gasteiger partial charge in [-0.15, -0.1) is 0 Å². The number of nitrogens with one attached hydrogen (secondary N) is 1. The number of halogens is 3. The van der Waals surface area contributed by atoms with Crippen molar-refractivity contribution in [3.63, 3.8) is 0 Å². The highest BCUT2D eigenvalue weighted by Crippen LogP contribution is 2.41. The molecule has 7 heteroatoms. The van der Waals surface area contributed by atoms with Gasteiger partial charge in [-0.25, -0.2) is 0 Å². The van der Waals surface area contributed by atoms with Gasteiger partial charge in [-0.2, -0.15) is 13.2 Å². The first kappa shape index (κ1) is 22.3. The lowest BCUT2D eigenvalue weighted by Crippen LogP contribution is -2.59. The van der Waals surface area contributed by atoms with E-state index in [0.29, 0.717) is 19.6 Å². The van der Waals surface area contributed by atoms with Crippen LogP contribution < -0.4 is 11.1 Å². The van der Waals surface area contributed by atoms with E-state index < -0.39 is 23.2 Å². The first-order chi connectivity index (χ1) is 15.2. The van der Waals surface area contributed by atoms with Gasteiger partial charge in [0.15, 0.2) is 0 Å². The van der Waals surface area contributed by atoms with Crippen LogP contribution in [0.15, 0.2) is 66.3 Å². The molecule has 1 aliphatic carbocycles. The maximum atomic E-state index is 13.5. The molecule has 1 fully saturated rings. The fraction of sp³-hybridized carbons (Fsp3) is 0.320. The molecule has 1 aliphatic heterocycles. The summed E-state index contributed by atoms with van der Waals surface area (Å²) in [7, 11) is 0. The van der Waals surface area contributed by atoms with Crippen LogP contribution in [0.5, 0.6) is 0 Å². The van der Waals surface area contributed by atoms with E-state index in [1.165, 1.54) is 12.1 Å². The van der Waals surface area contributed by atoms with E-state index in [-0.39, 0.29) is 23.6 Å². The molecule has 4 nitrogen and oxygen atoms in total. The molecular formula is C25H25F3N2O2. The van der Waals surface area contributed by atoms with Gasteiger partial charge in [0.1, 0.15) is 0 Å². The molecule has 1 atom stereocenters. The summed E-state index contributed by atoms with van der Waals surface area (Å²) < 4.78 is 45.8. The molecule has 0 aromatic heterocycles. The SMILES string of the molecule is CC1=C(c2ccccc2)CC(NC(=O)c2ccc(CN)c(C(F)(F)F)c2)(C2COC2)C=C1. The van der Waals surface area contributed by atoms with Crippen molar-refractivity contribution >= 4 is 11.5 Å². The van der Waals surface area contributed by atoms with E-state index >= 15 is 0 Å². The second-order valence-corrected chi connectivity index (χ2v) is 8.34. The third-order valence-corrected chi connectivity index (χ3v) is 6.31. The lowest BCUT2D eigenvalue weighted by molar-refractivity contribution is -0.138. The van der Waals surface area contributed by atoms with Gasteiger partial charge in [0.05, 0.1) is 24.3 Å². The van der Waals surface area contributed by atoms with Gasteiger partial charge >= 0.3 is 6.18 Å². The Balaban J connectivity index is 1.66. The maximum absolute atomic E-state index is 13.5. The summed E-state index contributed by atoms with van der Waals surface area (Å²) >= 11 is 0. The summed E-state index contributed by atoms with van der Waals surface area (Å²) in [6.07, 6.45) is -0.121. The van der Waals surface area contributed by atoms with Crippen LogP contribution in [0.2, 0.25) is 0 Å². The number of rotatable bonds is 5. The monoisotopic (exact) mass is 442 g/mol. The van der Waals surface area contributed by atoms with Crippen LogP contribution >= 0.6 is 0 Å². The van der Waals surface area contributed by atoms with Crippen LogP contribution in [0.4, 0.5) is 13.2 Å². The number of amides is 1. The minimum Gasteiger partial charge on any atom is -0.380 e. The molecular weight excluding hydrogens is 417 g/mol. The molecule has 168 valence electrons. The Morgan fingerprint density at radius 3 is 2.50 bits per heavy atom. The zero-order chi connectivity index (χ0) is 22.9. The van der Waals surface area contributed by atoms with Gasteiger partial charge in [0.2, 0.25) is 0 Å². The average molecular weight is 442 g/mol. The van der Waals surface area contributed by atoms with Crippen molar-refractivity contribution in [2.24, 2.45) is 11.7 Å². The molecule has 32 heavy (non-hydrogen) atoms. The number of carbonyl (C=O) groups excluding carboxylic acids is 1. The van der Waals surface area contributed by atoms with Gasteiger partial charge in [-0.1, -0.05) is 48.6 Å². The molecule has 1 unspecified atom stereocenters. The third kappa shape index (κ3) is 4.23. The highest BCUT2D eigenvalue weighted by molar-refractivity contribution is 5.95. The third-order valence-electron chi connectivity index (χ3n) is 6.31. The Morgan fingerprint density at radius 1 is 1.19 bits per heavy atom. The number of hydrogen-bond acceptors (Lipinski definition) is 3. The van der Waals surface area contributed by atoms with Crippen LogP contribution in [-0.2, 0) is 17.5 Å². The predicted molar refractivity (Wildman–Crippen MR) is 117 cm³/mol. The summed E-state index contributed by atoms with van der Waals surface area (Å²) in [5.74, 6) is -0.525. The summed E-state index contributed by atoms with van der Waals surface area (Å²) in [4.78, 5) is 13.2. The number of nitrogens with two attached hydrogens (primary N) is 1. The first-order valence-corrected chi connectivity index (χ1v) is 10.5. The van der Waals surface area contributed by atoms with Gasteiger partial charge in [0, 0.05) is 24.4 Å². The van der Waals surface area contributed by atoms with E-state index in [2.05, 4.69) is 5.32 Å². The predicted octanol–water partition coefficient (Wildman–Crippen LogP) is 4.71. The van der Waals surface area contributed by atoms with Gasteiger partial charge in [0.25, 0.3) is 5.91 Å². The van der Waals surface area contributed by atoms with Crippen molar-refractivity contribution in [2.75, 3.05) is 13.2 Å². The fourth-order valence-electron chi connectivity index (χ4n) is 4.28. The molecule has 2 aromatic carbocycles. The second-order valence-electron chi connectivity index (χ2n) is 8.34. The number of ether oxygens (including phenoxy) is 1. The fourth-order valence-corrected chi connectivity index (χ4v) is 4.28. The molecule has 0 radical (unpaired) electrons. The molecule has 0 saturated carbocycles. The Labute approximate surface area is 185 Å². The average Bonchev–Trinajstić information content (AvgIpc) is 2.73. The van der Waals surface area contributed by atoms with Crippen LogP contribution in [0, 0.1) is 5.92 Å². The first-order valence-electron chi connectivity index (χ1n) is 10.5. The normalized spacial score (nSPS) is 21.4. The van der Waals surface area contributed by atoms with Crippen LogP contribution in [0.1, 0.15) is 40.4 Å². The Bertz CT molecular complexity index is 1070. The quantitative estimate of drug-likeness (QED) is 0.705. The summed E-state index contributed by atoms with van der Waals surface area (Å²) in [5, 5.41) is 3.05. The molecule has 1 heterocycles. The minimum atomic E-state index is -4.59. The number of carbonyl (C=O) groups is 1. The van der Waals surface area contributed by atoms with Crippen molar-refractivity contribution in [3.8, 4) is 0 Å². The summed E-state index contributed by atoms with van der Waals surface area (Å²) in [6.45, 7) is 2.72. The van der Waals surface area contributed by atoms with E-state index in [1.807, 2.05) is 49.4 Å². The highest BCUT2D eigenvalue weighted by Gasteiger charge is 2.44. The minimum absolute atomic E-state index is 0.0277. The van der Waals surface area contributed by atoms with Crippen molar-refractivity contribution in [2.45, 2.75) is 31.6 Å². The highest BCUT2D eigenvalue weighted by atomic mass is 19.4. The van der Waals surface area contributed by atoms with Crippen LogP contribution in [0.25, 0.3) is 5.57 Å². The van der Waals surface area contributed by atoms with Gasteiger partial charge in [-0.3, -0.25) is 4.79 Å². The van der Waals surface area contributed by atoms with Crippen LogP contribution in [0.3, 0.4) is 0 Å². The van der Waals surface area contributed by atoms with Gasteiger partial charge < -0.3 is 15.8 Å². The van der Waals surface area contributed by atoms with E-state index in [4.69, 9.17) is 10.5 Å². The lowest BCUT2D eigenvalue weighted by Gasteiger charge is -2.46. The smallest absolute Gasteiger partial charge is 0.380 e. The second kappa shape index (κ2) is 8.56. The molecule has 3 N–H and O–H groups in total.